The Labute approximate surface area is 100.0 Å². The lowest BCUT2D eigenvalue weighted by Crippen LogP contribution is -2.30. The Morgan fingerprint density at radius 2 is 2.00 bits per heavy atom. The third-order valence-corrected chi connectivity index (χ3v) is 1.68. The highest BCUT2D eigenvalue weighted by Crippen LogP contribution is 2.06. The molecule has 0 fully saturated rings. The second kappa shape index (κ2) is 8.64. The van der Waals surface area contributed by atoms with E-state index in [9.17, 15) is 9.18 Å². The van der Waals surface area contributed by atoms with Crippen molar-refractivity contribution in [3.05, 3.63) is 29.6 Å². The van der Waals surface area contributed by atoms with E-state index in [1.54, 1.807) is 0 Å². The summed E-state index contributed by atoms with van der Waals surface area (Å²) >= 11 is 0. The SMILES string of the molecule is CCC.O=C=NCc1cc(B(O)O)ccc1F. The maximum atomic E-state index is 13.0. The molecule has 6 heteroatoms. The van der Waals surface area contributed by atoms with Crippen LogP contribution in [-0.4, -0.2) is 23.2 Å². The summed E-state index contributed by atoms with van der Waals surface area (Å²) in [6.07, 6.45) is 2.53. The minimum Gasteiger partial charge on any atom is -0.423 e. The van der Waals surface area contributed by atoms with Crippen LogP contribution in [0.5, 0.6) is 0 Å². The van der Waals surface area contributed by atoms with Crippen molar-refractivity contribution in [3.8, 4) is 0 Å². The Balaban J connectivity index is 0.000000770. The normalized spacial score (nSPS) is 8.76. The van der Waals surface area contributed by atoms with Gasteiger partial charge in [0.2, 0.25) is 6.08 Å². The van der Waals surface area contributed by atoms with Crippen molar-refractivity contribution >= 4 is 18.7 Å². The molecule has 92 valence electrons. The van der Waals surface area contributed by atoms with Gasteiger partial charge in [0.05, 0.1) is 6.54 Å². The second-order valence-electron chi connectivity index (χ2n) is 3.34. The van der Waals surface area contributed by atoms with E-state index < -0.39 is 12.9 Å². The first-order valence-corrected chi connectivity index (χ1v) is 5.24. The van der Waals surface area contributed by atoms with Gasteiger partial charge in [-0.2, -0.15) is 0 Å². The van der Waals surface area contributed by atoms with E-state index in [1.165, 1.54) is 24.6 Å². The minimum absolute atomic E-state index is 0.124. The van der Waals surface area contributed by atoms with Crippen molar-refractivity contribution in [3.63, 3.8) is 0 Å². The van der Waals surface area contributed by atoms with Crippen molar-refractivity contribution in [2.24, 2.45) is 4.99 Å². The highest BCUT2D eigenvalue weighted by atomic mass is 19.1. The molecule has 1 aromatic carbocycles. The first-order chi connectivity index (χ1) is 8.06. The molecular formula is C11H15BFNO3. The zero-order valence-electron chi connectivity index (χ0n) is 9.85. The van der Waals surface area contributed by atoms with Crippen LogP contribution < -0.4 is 5.46 Å². The topological polar surface area (TPSA) is 69.9 Å². The fourth-order valence-electron chi connectivity index (χ4n) is 0.994. The van der Waals surface area contributed by atoms with Gasteiger partial charge in [-0.1, -0.05) is 32.4 Å². The third kappa shape index (κ3) is 5.97. The van der Waals surface area contributed by atoms with Gasteiger partial charge in [-0.25, -0.2) is 14.2 Å². The Bertz CT molecular complexity index is 392. The van der Waals surface area contributed by atoms with E-state index in [0.29, 0.717) is 0 Å². The summed E-state index contributed by atoms with van der Waals surface area (Å²) in [5.74, 6) is -0.548. The lowest BCUT2D eigenvalue weighted by atomic mass is 9.79. The van der Waals surface area contributed by atoms with Crippen LogP contribution in [0.25, 0.3) is 0 Å². The molecule has 0 unspecified atom stereocenters. The highest BCUT2D eigenvalue weighted by molar-refractivity contribution is 6.58. The van der Waals surface area contributed by atoms with Crippen LogP contribution in [0.15, 0.2) is 23.2 Å². The predicted molar refractivity (Wildman–Crippen MR) is 64.0 cm³/mol. The lowest BCUT2D eigenvalue weighted by Gasteiger charge is -2.02. The first kappa shape index (κ1) is 15.5. The van der Waals surface area contributed by atoms with Gasteiger partial charge in [0.1, 0.15) is 5.82 Å². The van der Waals surface area contributed by atoms with Gasteiger partial charge in [0.25, 0.3) is 0 Å². The number of aliphatic imine (C=N–C) groups is 1. The van der Waals surface area contributed by atoms with Crippen LogP contribution in [0.1, 0.15) is 25.8 Å². The molecule has 0 heterocycles. The zero-order chi connectivity index (χ0) is 13.3. The molecule has 0 saturated carbocycles. The summed E-state index contributed by atoms with van der Waals surface area (Å²) in [6.45, 7) is 4.09. The molecule has 0 aliphatic carbocycles. The van der Waals surface area contributed by atoms with Crippen LogP contribution in [0.2, 0.25) is 0 Å². The molecule has 0 bridgehead atoms. The van der Waals surface area contributed by atoms with Gasteiger partial charge in [-0.15, -0.1) is 0 Å². The Kier molecular flexibility index (Phi) is 7.89. The number of carbonyl (C=O) groups excluding carboxylic acids is 1. The highest BCUT2D eigenvalue weighted by Gasteiger charge is 2.12. The van der Waals surface area contributed by atoms with Gasteiger partial charge in [0, 0.05) is 5.56 Å². The van der Waals surface area contributed by atoms with Crippen LogP contribution >= 0.6 is 0 Å². The molecule has 0 atom stereocenters. The second-order valence-corrected chi connectivity index (χ2v) is 3.34. The quantitative estimate of drug-likeness (QED) is 0.464. The van der Waals surface area contributed by atoms with Gasteiger partial charge in [-0.05, 0) is 11.5 Å². The number of hydrogen-bond donors (Lipinski definition) is 2. The largest absolute Gasteiger partial charge is 0.488 e. The van der Waals surface area contributed by atoms with Crippen molar-refractivity contribution in [2.45, 2.75) is 26.8 Å². The number of nitrogens with zero attached hydrogens (tertiary/aromatic N) is 1. The van der Waals surface area contributed by atoms with Gasteiger partial charge < -0.3 is 10.0 Å². The molecule has 4 nitrogen and oxygen atoms in total. The van der Waals surface area contributed by atoms with Crippen molar-refractivity contribution in [1.29, 1.82) is 0 Å². The predicted octanol–water partition coefficient (Wildman–Crippen LogP) is 0.758. The molecule has 1 rings (SSSR count). The number of benzene rings is 1. The fourth-order valence-corrected chi connectivity index (χ4v) is 0.994. The first-order valence-electron chi connectivity index (χ1n) is 5.24. The van der Waals surface area contributed by atoms with Crippen molar-refractivity contribution in [2.75, 3.05) is 0 Å². The van der Waals surface area contributed by atoms with Gasteiger partial charge in [0.15, 0.2) is 0 Å². The molecule has 0 amide bonds. The van der Waals surface area contributed by atoms with Gasteiger partial charge in [-0.3, -0.25) is 0 Å². The van der Waals surface area contributed by atoms with E-state index in [4.69, 9.17) is 10.0 Å². The maximum absolute atomic E-state index is 13.0. The molecule has 0 aliphatic heterocycles. The maximum Gasteiger partial charge on any atom is 0.488 e. The number of rotatable bonds is 3. The Morgan fingerprint density at radius 1 is 1.41 bits per heavy atom. The molecule has 2 N–H and O–H groups in total. The number of halogens is 1. The molecule has 0 aromatic heterocycles. The molecule has 17 heavy (non-hydrogen) atoms. The molecular weight excluding hydrogens is 224 g/mol. The number of isocyanates is 1. The minimum atomic E-state index is -1.66. The zero-order valence-corrected chi connectivity index (χ0v) is 9.85. The smallest absolute Gasteiger partial charge is 0.423 e. The van der Waals surface area contributed by atoms with E-state index >= 15 is 0 Å². The third-order valence-electron chi connectivity index (χ3n) is 1.68. The molecule has 0 spiro atoms. The Hall–Kier alpha value is -1.49. The van der Waals surface area contributed by atoms with Crippen LogP contribution in [-0.2, 0) is 11.3 Å². The van der Waals surface area contributed by atoms with Crippen LogP contribution in [0, 0.1) is 5.82 Å². The van der Waals surface area contributed by atoms with Gasteiger partial charge >= 0.3 is 7.12 Å². The summed E-state index contributed by atoms with van der Waals surface area (Å²) in [5.41, 5.74) is 0.279. The molecule has 0 radical (unpaired) electrons. The fraction of sp³-hybridized carbons (Fsp3) is 0.364. The Morgan fingerprint density at radius 3 is 2.47 bits per heavy atom. The van der Waals surface area contributed by atoms with E-state index in [0.717, 1.165) is 6.07 Å². The van der Waals surface area contributed by atoms with E-state index in [2.05, 4.69) is 18.8 Å². The average Bonchev–Trinajstić information content (AvgIpc) is 2.28. The van der Waals surface area contributed by atoms with E-state index in [1.807, 2.05) is 0 Å². The van der Waals surface area contributed by atoms with Crippen molar-refractivity contribution in [1.82, 2.24) is 0 Å². The monoisotopic (exact) mass is 239 g/mol. The molecule has 0 saturated heterocycles. The molecule has 0 aliphatic rings. The summed E-state index contributed by atoms with van der Waals surface area (Å²) < 4.78 is 13.0. The summed E-state index contributed by atoms with van der Waals surface area (Å²) in [5, 5.41) is 17.6. The van der Waals surface area contributed by atoms with Crippen molar-refractivity contribution < 1.29 is 19.2 Å². The average molecular weight is 239 g/mol. The summed E-state index contributed by atoms with van der Waals surface area (Å²) in [6, 6.07) is 3.57. The lowest BCUT2D eigenvalue weighted by molar-refractivity contribution is 0.425. The molecule has 1 aromatic rings. The van der Waals surface area contributed by atoms with Crippen LogP contribution in [0.3, 0.4) is 0 Å². The summed E-state index contributed by atoms with van der Waals surface area (Å²) in [7, 11) is -1.66. The summed E-state index contributed by atoms with van der Waals surface area (Å²) in [4.78, 5) is 13.0. The van der Waals surface area contributed by atoms with Crippen LogP contribution in [0.4, 0.5) is 4.39 Å². The number of hydrogen-bond acceptors (Lipinski definition) is 4. The standard InChI is InChI=1S/C8H7BFNO3.C3H8/c10-8-2-1-7(9(13)14)3-6(8)4-11-5-12;1-3-2/h1-3,13-14H,4H2;3H2,1-2H3. The van der Waals surface area contributed by atoms with E-state index in [-0.39, 0.29) is 17.6 Å².